The summed E-state index contributed by atoms with van der Waals surface area (Å²) in [6, 6.07) is 9.02. The third-order valence-corrected chi connectivity index (χ3v) is 4.32. The molecule has 0 aliphatic heterocycles. The topological polar surface area (TPSA) is 86.2 Å². The van der Waals surface area contributed by atoms with E-state index in [0.29, 0.717) is 16.6 Å². The lowest BCUT2D eigenvalue weighted by molar-refractivity contribution is -0.115. The van der Waals surface area contributed by atoms with Gasteiger partial charge in [0.2, 0.25) is 11.0 Å². The third-order valence-electron chi connectivity index (χ3n) is 3.44. The van der Waals surface area contributed by atoms with E-state index in [2.05, 4.69) is 20.5 Å². The maximum atomic E-state index is 12.3. The molecule has 3 rings (SSSR count). The standard InChI is InChI=1S/C17H16N4O3S/c1-23-13-3-4-14(24-2)12(9-13)10-15(22)19-17-21-20-16(25-17)11-5-7-18-8-6-11/h3-9H,10H2,1-2H3,(H,19,21,22). The van der Waals surface area contributed by atoms with E-state index in [1.54, 1.807) is 44.8 Å². The van der Waals surface area contributed by atoms with Gasteiger partial charge in [0.25, 0.3) is 0 Å². The summed E-state index contributed by atoms with van der Waals surface area (Å²) in [4.78, 5) is 16.3. The van der Waals surface area contributed by atoms with Crippen LogP contribution in [0.4, 0.5) is 5.13 Å². The van der Waals surface area contributed by atoms with Crippen LogP contribution in [0, 0.1) is 0 Å². The van der Waals surface area contributed by atoms with E-state index < -0.39 is 0 Å². The number of aromatic nitrogens is 3. The molecule has 8 heteroatoms. The van der Waals surface area contributed by atoms with Gasteiger partial charge in [0.1, 0.15) is 16.5 Å². The second-order valence-corrected chi connectivity index (χ2v) is 6.03. The van der Waals surface area contributed by atoms with Crippen molar-refractivity contribution in [1.82, 2.24) is 15.2 Å². The highest BCUT2D eigenvalue weighted by Crippen LogP contribution is 2.27. The lowest BCUT2D eigenvalue weighted by Crippen LogP contribution is -2.14. The van der Waals surface area contributed by atoms with E-state index in [9.17, 15) is 4.79 Å². The number of amides is 1. The maximum Gasteiger partial charge on any atom is 0.230 e. The minimum atomic E-state index is -0.205. The number of methoxy groups -OCH3 is 2. The molecular weight excluding hydrogens is 340 g/mol. The normalized spacial score (nSPS) is 10.3. The second kappa shape index (κ2) is 7.71. The first-order chi connectivity index (χ1) is 12.2. The monoisotopic (exact) mass is 356 g/mol. The highest BCUT2D eigenvalue weighted by Gasteiger charge is 2.13. The zero-order valence-electron chi connectivity index (χ0n) is 13.7. The molecule has 25 heavy (non-hydrogen) atoms. The van der Waals surface area contributed by atoms with Crippen LogP contribution in [0.15, 0.2) is 42.7 Å². The Morgan fingerprint density at radius 3 is 2.64 bits per heavy atom. The number of hydrogen-bond donors (Lipinski definition) is 1. The first-order valence-electron chi connectivity index (χ1n) is 7.44. The van der Waals surface area contributed by atoms with Gasteiger partial charge in [0.05, 0.1) is 20.6 Å². The molecule has 1 aromatic carbocycles. The van der Waals surface area contributed by atoms with Crippen molar-refractivity contribution in [3.63, 3.8) is 0 Å². The van der Waals surface area contributed by atoms with Crippen molar-refractivity contribution < 1.29 is 14.3 Å². The Morgan fingerprint density at radius 1 is 1.12 bits per heavy atom. The van der Waals surface area contributed by atoms with Crippen molar-refractivity contribution >= 4 is 22.4 Å². The van der Waals surface area contributed by atoms with E-state index in [4.69, 9.17) is 9.47 Å². The van der Waals surface area contributed by atoms with Crippen molar-refractivity contribution in [3.05, 3.63) is 48.3 Å². The van der Waals surface area contributed by atoms with Gasteiger partial charge >= 0.3 is 0 Å². The summed E-state index contributed by atoms with van der Waals surface area (Å²) < 4.78 is 10.5. The smallest absolute Gasteiger partial charge is 0.230 e. The van der Waals surface area contributed by atoms with E-state index in [-0.39, 0.29) is 12.3 Å². The molecule has 128 valence electrons. The number of pyridine rings is 1. The fourth-order valence-corrected chi connectivity index (χ4v) is 3.01. The van der Waals surface area contributed by atoms with Crippen molar-refractivity contribution in [2.24, 2.45) is 0 Å². The Bertz CT molecular complexity index is 867. The summed E-state index contributed by atoms with van der Waals surface area (Å²) in [6.45, 7) is 0. The molecule has 0 aliphatic rings. The van der Waals surface area contributed by atoms with Gasteiger partial charge in [-0.15, -0.1) is 10.2 Å². The number of carbonyl (C=O) groups excluding carboxylic acids is 1. The number of rotatable bonds is 6. The van der Waals surface area contributed by atoms with Crippen LogP contribution in [0.1, 0.15) is 5.56 Å². The number of nitrogens with one attached hydrogen (secondary N) is 1. The van der Waals surface area contributed by atoms with E-state index in [1.807, 2.05) is 12.1 Å². The summed E-state index contributed by atoms with van der Waals surface area (Å²) >= 11 is 1.30. The van der Waals surface area contributed by atoms with Gasteiger partial charge in [0.15, 0.2) is 0 Å². The molecule has 1 amide bonds. The fourth-order valence-electron chi connectivity index (χ4n) is 2.24. The van der Waals surface area contributed by atoms with Crippen LogP contribution in [0.3, 0.4) is 0 Å². The summed E-state index contributed by atoms with van der Waals surface area (Å²) in [7, 11) is 3.14. The van der Waals surface area contributed by atoms with Gasteiger partial charge in [0, 0.05) is 23.5 Å². The SMILES string of the molecule is COc1ccc(OC)c(CC(=O)Nc2nnc(-c3ccncc3)s2)c1. The van der Waals surface area contributed by atoms with Crippen LogP contribution in [0.25, 0.3) is 10.6 Å². The number of ether oxygens (including phenoxy) is 2. The van der Waals surface area contributed by atoms with Crippen LogP contribution >= 0.6 is 11.3 Å². The zero-order chi connectivity index (χ0) is 17.6. The summed E-state index contributed by atoms with van der Waals surface area (Å²) in [5, 5.41) is 12.0. The summed E-state index contributed by atoms with van der Waals surface area (Å²) in [6.07, 6.45) is 3.51. The second-order valence-electron chi connectivity index (χ2n) is 5.05. The highest BCUT2D eigenvalue weighted by atomic mass is 32.1. The Labute approximate surface area is 148 Å². The molecule has 0 fully saturated rings. The number of benzene rings is 1. The van der Waals surface area contributed by atoms with E-state index >= 15 is 0 Å². The van der Waals surface area contributed by atoms with Crippen molar-refractivity contribution in [1.29, 1.82) is 0 Å². The van der Waals surface area contributed by atoms with Crippen LogP contribution in [-0.4, -0.2) is 35.3 Å². The molecule has 3 aromatic rings. The van der Waals surface area contributed by atoms with Gasteiger partial charge in [-0.05, 0) is 30.3 Å². The predicted molar refractivity (Wildman–Crippen MR) is 95.0 cm³/mol. The van der Waals surface area contributed by atoms with Crippen LogP contribution in [0.2, 0.25) is 0 Å². The van der Waals surface area contributed by atoms with Gasteiger partial charge < -0.3 is 14.8 Å². The molecule has 0 spiro atoms. The maximum absolute atomic E-state index is 12.3. The van der Waals surface area contributed by atoms with Crippen LogP contribution in [-0.2, 0) is 11.2 Å². The van der Waals surface area contributed by atoms with E-state index in [0.717, 1.165) is 16.1 Å². The number of carbonyl (C=O) groups is 1. The summed E-state index contributed by atoms with van der Waals surface area (Å²) in [5.41, 5.74) is 1.64. The first kappa shape index (κ1) is 16.8. The minimum Gasteiger partial charge on any atom is -0.497 e. The highest BCUT2D eigenvalue weighted by molar-refractivity contribution is 7.18. The Morgan fingerprint density at radius 2 is 1.92 bits per heavy atom. The van der Waals surface area contributed by atoms with Gasteiger partial charge in [-0.3, -0.25) is 9.78 Å². The van der Waals surface area contributed by atoms with Gasteiger partial charge in [-0.2, -0.15) is 0 Å². The lowest BCUT2D eigenvalue weighted by atomic mass is 10.1. The lowest BCUT2D eigenvalue weighted by Gasteiger charge is -2.09. The molecule has 1 N–H and O–H groups in total. The molecule has 0 bridgehead atoms. The first-order valence-corrected chi connectivity index (χ1v) is 8.26. The summed E-state index contributed by atoms with van der Waals surface area (Å²) in [5.74, 6) is 1.09. The van der Waals surface area contributed by atoms with Crippen molar-refractivity contribution in [3.8, 4) is 22.1 Å². The molecular formula is C17H16N4O3S. The van der Waals surface area contributed by atoms with Gasteiger partial charge in [-0.25, -0.2) is 0 Å². The molecule has 2 aromatic heterocycles. The zero-order valence-corrected chi connectivity index (χ0v) is 14.5. The molecule has 7 nitrogen and oxygen atoms in total. The molecule has 2 heterocycles. The predicted octanol–water partition coefficient (Wildman–Crippen LogP) is 2.80. The van der Waals surface area contributed by atoms with E-state index in [1.165, 1.54) is 11.3 Å². The average molecular weight is 356 g/mol. The molecule has 0 atom stereocenters. The Hall–Kier alpha value is -3.00. The fraction of sp³-hybridized carbons (Fsp3) is 0.176. The quantitative estimate of drug-likeness (QED) is 0.731. The number of nitrogens with zero attached hydrogens (tertiary/aromatic N) is 3. The Kier molecular flexibility index (Phi) is 5.20. The average Bonchev–Trinajstić information content (AvgIpc) is 3.10. The van der Waals surface area contributed by atoms with Crippen molar-refractivity contribution in [2.45, 2.75) is 6.42 Å². The Balaban J connectivity index is 1.70. The minimum absolute atomic E-state index is 0.143. The third kappa shape index (κ3) is 4.10. The molecule has 0 aliphatic carbocycles. The molecule has 0 radical (unpaired) electrons. The van der Waals surface area contributed by atoms with Gasteiger partial charge in [-0.1, -0.05) is 11.3 Å². The van der Waals surface area contributed by atoms with Crippen LogP contribution in [0.5, 0.6) is 11.5 Å². The number of anilines is 1. The largest absolute Gasteiger partial charge is 0.497 e. The van der Waals surface area contributed by atoms with Crippen LogP contribution < -0.4 is 14.8 Å². The molecule has 0 saturated heterocycles. The van der Waals surface area contributed by atoms with Crippen molar-refractivity contribution in [2.75, 3.05) is 19.5 Å². The molecule has 0 unspecified atom stereocenters. The number of hydrogen-bond acceptors (Lipinski definition) is 7. The molecule has 0 saturated carbocycles.